The zero-order chi connectivity index (χ0) is 16.7. The van der Waals surface area contributed by atoms with E-state index in [1.54, 1.807) is 0 Å². The fourth-order valence-electron chi connectivity index (χ4n) is 1.87. The molecule has 0 saturated carbocycles. The Morgan fingerprint density at radius 1 is 1.09 bits per heavy atom. The topological polar surface area (TPSA) is 81.4 Å². The maximum atomic E-state index is 12.2. The molecule has 0 fully saturated rings. The van der Waals surface area contributed by atoms with Crippen molar-refractivity contribution in [1.29, 1.82) is 0 Å². The van der Waals surface area contributed by atoms with Crippen LogP contribution in [0.15, 0.2) is 30.3 Å². The molecule has 0 aromatic heterocycles. The van der Waals surface area contributed by atoms with E-state index in [-0.39, 0.29) is 24.3 Å². The molecule has 0 aliphatic carbocycles. The summed E-state index contributed by atoms with van der Waals surface area (Å²) < 4.78 is 5.30. The number of esters is 1. The number of carbonyl (C=O) groups excluding carboxylic acids is 2. The van der Waals surface area contributed by atoms with E-state index in [1.165, 1.54) is 0 Å². The van der Waals surface area contributed by atoms with Gasteiger partial charge in [0.25, 0.3) is 0 Å². The third kappa shape index (κ3) is 5.48. The third-order valence-electron chi connectivity index (χ3n) is 3.46. The number of nitrogens with two attached hydrogens (primary N) is 1. The van der Waals surface area contributed by atoms with Gasteiger partial charge in [0, 0.05) is 0 Å². The molecule has 1 aromatic rings. The second-order valence-electron chi connectivity index (χ2n) is 6.09. The highest BCUT2D eigenvalue weighted by molar-refractivity contribution is 5.87. The van der Waals surface area contributed by atoms with Crippen LogP contribution in [0.3, 0.4) is 0 Å². The minimum atomic E-state index is -0.694. The van der Waals surface area contributed by atoms with Crippen molar-refractivity contribution < 1.29 is 14.3 Å². The van der Waals surface area contributed by atoms with Gasteiger partial charge in [0.05, 0.1) is 6.04 Å². The number of ether oxygens (including phenoxy) is 1. The van der Waals surface area contributed by atoms with E-state index in [1.807, 2.05) is 58.0 Å². The molecule has 1 aromatic carbocycles. The van der Waals surface area contributed by atoms with Gasteiger partial charge < -0.3 is 15.8 Å². The lowest BCUT2D eigenvalue weighted by molar-refractivity contribution is -0.150. The first-order valence-corrected chi connectivity index (χ1v) is 7.59. The largest absolute Gasteiger partial charge is 0.459 e. The van der Waals surface area contributed by atoms with Crippen LogP contribution in [0.5, 0.6) is 0 Å². The minimum Gasteiger partial charge on any atom is -0.459 e. The van der Waals surface area contributed by atoms with Crippen molar-refractivity contribution in [2.24, 2.45) is 17.6 Å². The molecule has 0 aliphatic rings. The van der Waals surface area contributed by atoms with E-state index in [0.29, 0.717) is 0 Å². The number of carbonyl (C=O) groups is 2. The van der Waals surface area contributed by atoms with Crippen molar-refractivity contribution in [3.05, 3.63) is 35.9 Å². The molecule has 2 atom stereocenters. The lowest BCUT2D eigenvalue weighted by atomic mass is 10.0. The Kier molecular flexibility index (Phi) is 7.05. The molecule has 3 N–H and O–H groups in total. The molecule has 5 nitrogen and oxygen atoms in total. The quantitative estimate of drug-likeness (QED) is 0.753. The molecule has 0 spiro atoms. The summed E-state index contributed by atoms with van der Waals surface area (Å²) in [6.45, 7) is 7.63. The van der Waals surface area contributed by atoms with Gasteiger partial charge in [-0.05, 0) is 17.4 Å². The molecule has 0 radical (unpaired) electrons. The zero-order valence-corrected chi connectivity index (χ0v) is 13.7. The molecular formula is C17H26N2O3. The lowest BCUT2D eigenvalue weighted by Gasteiger charge is -2.24. The van der Waals surface area contributed by atoms with Crippen molar-refractivity contribution in [3.63, 3.8) is 0 Å². The SMILES string of the molecule is CC(C)[C@H](N)C(=O)N[C@@H](C(=O)OCc1ccccc1)C(C)C. The predicted molar refractivity (Wildman–Crippen MR) is 85.8 cm³/mol. The summed E-state index contributed by atoms with van der Waals surface area (Å²) in [5.41, 5.74) is 6.72. The summed E-state index contributed by atoms with van der Waals surface area (Å²) in [6.07, 6.45) is 0. The summed E-state index contributed by atoms with van der Waals surface area (Å²) >= 11 is 0. The van der Waals surface area contributed by atoms with E-state index in [9.17, 15) is 9.59 Å². The maximum absolute atomic E-state index is 12.2. The van der Waals surface area contributed by atoms with Crippen molar-refractivity contribution in [3.8, 4) is 0 Å². The Bertz CT molecular complexity index is 486. The number of hydrogen-bond donors (Lipinski definition) is 2. The molecule has 122 valence electrons. The fourth-order valence-corrected chi connectivity index (χ4v) is 1.87. The standard InChI is InChI=1S/C17H26N2O3/c1-11(2)14(18)16(20)19-15(12(3)4)17(21)22-10-13-8-6-5-7-9-13/h5-9,11-12,14-15H,10,18H2,1-4H3,(H,19,20)/t14-,15+/m0/s1. The molecule has 0 aliphatic heterocycles. The highest BCUT2D eigenvalue weighted by Gasteiger charge is 2.28. The van der Waals surface area contributed by atoms with Gasteiger partial charge in [-0.25, -0.2) is 4.79 Å². The van der Waals surface area contributed by atoms with Gasteiger partial charge in [0.15, 0.2) is 0 Å². The Hall–Kier alpha value is -1.88. The summed E-state index contributed by atoms with van der Waals surface area (Å²) in [5.74, 6) is -0.840. The number of rotatable bonds is 7. The van der Waals surface area contributed by atoms with E-state index in [0.717, 1.165) is 5.56 Å². The van der Waals surface area contributed by atoms with E-state index >= 15 is 0 Å². The van der Waals surface area contributed by atoms with Crippen LogP contribution in [0.1, 0.15) is 33.3 Å². The Balaban J connectivity index is 2.62. The second-order valence-corrected chi connectivity index (χ2v) is 6.09. The Morgan fingerprint density at radius 3 is 2.18 bits per heavy atom. The first-order valence-electron chi connectivity index (χ1n) is 7.59. The van der Waals surface area contributed by atoms with Crippen molar-refractivity contribution >= 4 is 11.9 Å². The van der Waals surface area contributed by atoms with Gasteiger partial charge in [-0.15, -0.1) is 0 Å². The number of nitrogens with one attached hydrogen (secondary N) is 1. The first-order chi connectivity index (χ1) is 10.3. The lowest BCUT2D eigenvalue weighted by Crippen LogP contribution is -2.52. The molecule has 0 heterocycles. The minimum absolute atomic E-state index is 0.00755. The van der Waals surface area contributed by atoms with Crippen molar-refractivity contribution in [2.75, 3.05) is 0 Å². The molecule has 1 rings (SSSR count). The second kappa shape index (κ2) is 8.54. The Labute approximate surface area is 132 Å². The van der Waals surface area contributed by atoms with Gasteiger partial charge in [-0.2, -0.15) is 0 Å². The molecule has 0 unspecified atom stereocenters. The predicted octanol–water partition coefficient (Wildman–Crippen LogP) is 1.85. The molecular weight excluding hydrogens is 280 g/mol. The average molecular weight is 306 g/mol. The smallest absolute Gasteiger partial charge is 0.329 e. The van der Waals surface area contributed by atoms with E-state index in [2.05, 4.69) is 5.32 Å². The van der Waals surface area contributed by atoms with Crippen LogP contribution in [-0.2, 0) is 20.9 Å². The highest BCUT2D eigenvalue weighted by atomic mass is 16.5. The van der Waals surface area contributed by atoms with Crippen LogP contribution in [0.2, 0.25) is 0 Å². The van der Waals surface area contributed by atoms with Crippen LogP contribution >= 0.6 is 0 Å². The third-order valence-corrected chi connectivity index (χ3v) is 3.46. The van der Waals surface area contributed by atoms with Crippen LogP contribution < -0.4 is 11.1 Å². The molecule has 22 heavy (non-hydrogen) atoms. The van der Waals surface area contributed by atoms with Gasteiger partial charge in [-0.3, -0.25) is 4.79 Å². The van der Waals surface area contributed by atoms with Crippen molar-refractivity contribution in [1.82, 2.24) is 5.32 Å². The highest BCUT2D eigenvalue weighted by Crippen LogP contribution is 2.08. The van der Waals surface area contributed by atoms with Crippen LogP contribution in [0.25, 0.3) is 0 Å². The monoisotopic (exact) mass is 306 g/mol. The molecule has 0 saturated heterocycles. The maximum Gasteiger partial charge on any atom is 0.329 e. The van der Waals surface area contributed by atoms with Gasteiger partial charge in [0.1, 0.15) is 12.6 Å². The van der Waals surface area contributed by atoms with Crippen LogP contribution in [0, 0.1) is 11.8 Å². The number of hydrogen-bond acceptors (Lipinski definition) is 4. The summed E-state index contributed by atoms with van der Waals surface area (Å²) in [4.78, 5) is 24.2. The van der Waals surface area contributed by atoms with Gasteiger partial charge in [-0.1, -0.05) is 58.0 Å². The Morgan fingerprint density at radius 2 is 1.68 bits per heavy atom. The number of amides is 1. The summed E-state index contributed by atoms with van der Waals surface area (Å²) in [6, 6.07) is 8.09. The fraction of sp³-hybridized carbons (Fsp3) is 0.529. The van der Waals surface area contributed by atoms with E-state index < -0.39 is 18.1 Å². The van der Waals surface area contributed by atoms with Gasteiger partial charge in [0.2, 0.25) is 5.91 Å². The molecule has 1 amide bonds. The van der Waals surface area contributed by atoms with E-state index in [4.69, 9.17) is 10.5 Å². The van der Waals surface area contributed by atoms with Crippen molar-refractivity contribution in [2.45, 2.75) is 46.4 Å². The first kappa shape index (κ1) is 18.2. The number of benzene rings is 1. The zero-order valence-electron chi connectivity index (χ0n) is 13.7. The normalized spacial score (nSPS) is 13.8. The molecule has 5 heteroatoms. The van der Waals surface area contributed by atoms with Gasteiger partial charge >= 0.3 is 5.97 Å². The summed E-state index contributed by atoms with van der Waals surface area (Å²) in [7, 11) is 0. The summed E-state index contributed by atoms with van der Waals surface area (Å²) in [5, 5.41) is 2.70. The van der Waals surface area contributed by atoms with Crippen LogP contribution in [-0.4, -0.2) is 24.0 Å². The van der Waals surface area contributed by atoms with Crippen LogP contribution in [0.4, 0.5) is 0 Å². The average Bonchev–Trinajstić information content (AvgIpc) is 2.49. The molecule has 0 bridgehead atoms.